The quantitative estimate of drug-likeness (QED) is 0.0197. The summed E-state index contributed by atoms with van der Waals surface area (Å²) in [5, 5.41) is 9.75. The number of aliphatic hydroxyl groups is 1. The molecular weight excluding hydrogens is 880 g/mol. The number of phosphoric ester groups is 1. The Morgan fingerprint density at radius 3 is 1.24 bits per heavy atom. The van der Waals surface area contributed by atoms with E-state index < -0.39 is 57.8 Å². The summed E-state index contributed by atoms with van der Waals surface area (Å²) in [6.07, 6.45) is 59.2. The number of carbonyl (C=O) groups is 3. The molecule has 0 heterocycles. The van der Waals surface area contributed by atoms with Gasteiger partial charge in [-0.05, 0) is 103 Å². The van der Waals surface area contributed by atoms with Crippen LogP contribution in [0, 0.1) is 0 Å². The fourth-order valence-electron chi connectivity index (χ4n) is 6.06. The first kappa shape index (κ1) is 63.9. The molecule has 0 aliphatic carbocycles. The average molecular weight is 969 g/mol. The SMILES string of the molecule is CC/C=C\C/C=C\C/C=C\C/C=C\CCC(=O)OC(CO)COP(=O)(O)OCC(COC(=O)CCCCCCC/C=C\C/C=C\CCCCC)OC(=O)CC/C=C\C/C=C\C/C=C\C/C=C\CC. The van der Waals surface area contributed by atoms with Crippen molar-refractivity contribution in [3.63, 3.8) is 0 Å². The summed E-state index contributed by atoms with van der Waals surface area (Å²) in [7, 11) is -4.79. The van der Waals surface area contributed by atoms with Gasteiger partial charge in [-0.3, -0.25) is 23.4 Å². The number of esters is 3. The van der Waals surface area contributed by atoms with Gasteiger partial charge in [0.15, 0.2) is 6.10 Å². The normalized spacial score (nSPS) is 14.5. The number of phosphoric acid groups is 1. The number of hydrogen-bond donors (Lipinski definition) is 2. The Hall–Kier alpha value is -4.12. The highest BCUT2D eigenvalue weighted by atomic mass is 31.2. The van der Waals surface area contributed by atoms with Crippen molar-refractivity contribution in [1.82, 2.24) is 0 Å². The number of unbranched alkanes of at least 4 members (excludes halogenated alkanes) is 8. The largest absolute Gasteiger partial charge is 0.472 e. The highest BCUT2D eigenvalue weighted by Crippen LogP contribution is 2.43. The third kappa shape index (κ3) is 47.0. The summed E-state index contributed by atoms with van der Waals surface area (Å²) in [5.74, 6) is -1.69. The lowest BCUT2D eigenvalue weighted by molar-refractivity contribution is -0.161. The molecule has 384 valence electrons. The molecule has 0 rings (SSSR count). The second kappa shape index (κ2) is 49.3. The second-order valence-corrected chi connectivity index (χ2v) is 17.7. The smallest absolute Gasteiger partial charge is 0.462 e. The van der Waals surface area contributed by atoms with E-state index in [2.05, 4.69) is 106 Å². The fraction of sp³-hybridized carbons (Fsp3) is 0.589. The Bertz CT molecular complexity index is 1600. The van der Waals surface area contributed by atoms with Gasteiger partial charge in [-0.25, -0.2) is 4.57 Å². The molecule has 0 bridgehead atoms. The molecular formula is C56H89O11P. The van der Waals surface area contributed by atoms with E-state index in [4.69, 9.17) is 23.3 Å². The van der Waals surface area contributed by atoms with Gasteiger partial charge in [0.2, 0.25) is 0 Å². The molecule has 2 N–H and O–H groups in total. The van der Waals surface area contributed by atoms with Gasteiger partial charge in [-0.2, -0.15) is 0 Å². The van der Waals surface area contributed by atoms with Crippen LogP contribution < -0.4 is 0 Å². The summed E-state index contributed by atoms with van der Waals surface area (Å²) in [6.45, 7) is 4.16. The van der Waals surface area contributed by atoms with Crippen molar-refractivity contribution in [3.05, 3.63) is 122 Å². The Morgan fingerprint density at radius 1 is 0.426 bits per heavy atom. The van der Waals surface area contributed by atoms with Gasteiger partial charge in [-0.1, -0.05) is 174 Å². The highest BCUT2D eigenvalue weighted by molar-refractivity contribution is 7.47. The van der Waals surface area contributed by atoms with Crippen LogP contribution in [0.15, 0.2) is 122 Å². The van der Waals surface area contributed by atoms with E-state index in [1.807, 2.05) is 36.5 Å². The molecule has 12 heteroatoms. The van der Waals surface area contributed by atoms with Gasteiger partial charge in [0, 0.05) is 19.3 Å². The maximum absolute atomic E-state index is 12.8. The van der Waals surface area contributed by atoms with Crippen LogP contribution in [0.2, 0.25) is 0 Å². The zero-order chi connectivity index (χ0) is 49.9. The molecule has 11 nitrogen and oxygen atoms in total. The average Bonchev–Trinajstić information content (AvgIpc) is 3.32. The predicted octanol–water partition coefficient (Wildman–Crippen LogP) is 14.5. The predicted molar refractivity (Wildman–Crippen MR) is 279 cm³/mol. The highest BCUT2D eigenvalue weighted by Gasteiger charge is 2.28. The molecule has 0 radical (unpaired) electrons. The summed E-state index contributed by atoms with van der Waals surface area (Å²) >= 11 is 0. The molecule has 0 aliphatic heterocycles. The monoisotopic (exact) mass is 969 g/mol. The van der Waals surface area contributed by atoms with Gasteiger partial charge in [0.1, 0.15) is 12.7 Å². The first-order valence-corrected chi connectivity index (χ1v) is 26.9. The van der Waals surface area contributed by atoms with E-state index in [0.717, 1.165) is 89.9 Å². The van der Waals surface area contributed by atoms with Crippen molar-refractivity contribution in [3.8, 4) is 0 Å². The maximum Gasteiger partial charge on any atom is 0.472 e. The van der Waals surface area contributed by atoms with Crippen LogP contribution in [0.5, 0.6) is 0 Å². The minimum atomic E-state index is -4.79. The van der Waals surface area contributed by atoms with Crippen molar-refractivity contribution in [2.75, 3.05) is 26.4 Å². The van der Waals surface area contributed by atoms with E-state index in [9.17, 15) is 28.9 Å². The van der Waals surface area contributed by atoms with Crippen LogP contribution in [0.1, 0.15) is 175 Å². The summed E-state index contributed by atoms with van der Waals surface area (Å²) < 4.78 is 39.1. The minimum Gasteiger partial charge on any atom is -0.462 e. The van der Waals surface area contributed by atoms with Crippen LogP contribution >= 0.6 is 7.82 Å². The van der Waals surface area contributed by atoms with Crippen molar-refractivity contribution in [2.45, 2.75) is 187 Å². The number of aliphatic hydroxyl groups excluding tert-OH is 1. The second-order valence-electron chi connectivity index (χ2n) is 16.2. The molecule has 0 aromatic heterocycles. The van der Waals surface area contributed by atoms with Gasteiger partial charge >= 0.3 is 25.7 Å². The van der Waals surface area contributed by atoms with E-state index in [1.54, 1.807) is 0 Å². The number of allylic oxidation sites excluding steroid dienone is 20. The molecule has 0 fully saturated rings. The van der Waals surface area contributed by atoms with Gasteiger partial charge < -0.3 is 24.2 Å². The molecule has 0 amide bonds. The molecule has 0 aliphatic rings. The molecule has 3 atom stereocenters. The lowest BCUT2D eigenvalue weighted by Gasteiger charge is -2.21. The van der Waals surface area contributed by atoms with Crippen molar-refractivity contribution in [1.29, 1.82) is 0 Å². The van der Waals surface area contributed by atoms with Crippen LogP contribution in [0.25, 0.3) is 0 Å². The maximum atomic E-state index is 12.8. The van der Waals surface area contributed by atoms with Crippen LogP contribution in [0.4, 0.5) is 0 Å². The first-order valence-electron chi connectivity index (χ1n) is 25.4. The van der Waals surface area contributed by atoms with Crippen LogP contribution in [-0.4, -0.2) is 66.5 Å². The first-order chi connectivity index (χ1) is 33.2. The molecule has 68 heavy (non-hydrogen) atoms. The standard InChI is InChI=1S/C56H89O11P/c1-4-7-10-13-16-19-22-25-26-29-30-33-36-39-42-45-54(58)63-49-53(67-56(60)47-44-41-38-35-32-28-24-21-18-15-12-9-6-3)51-65-68(61,62)64-50-52(48-57)66-55(59)46-43-40-37-34-31-27-23-20-17-14-11-8-5-2/h8-9,11-12,16-21,25-28,31-32,37-38,40-41,52-53,57H,4-7,10,13-15,22-24,29-30,33-36,39,42-51H2,1-3H3,(H,61,62)/b11-8-,12-9-,19-16-,20-17-,21-18-,26-25-,31-27-,32-28-,40-37-,41-38-. The Morgan fingerprint density at radius 2 is 0.794 bits per heavy atom. The van der Waals surface area contributed by atoms with Gasteiger partial charge in [-0.15, -0.1) is 0 Å². The third-order valence-electron chi connectivity index (χ3n) is 9.88. The molecule has 0 spiro atoms. The molecule has 3 unspecified atom stereocenters. The summed E-state index contributed by atoms with van der Waals surface area (Å²) in [4.78, 5) is 48.2. The van der Waals surface area contributed by atoms with Gasteiger partial charge in [0.05, 0.1) is 19.8 Å². The number of ether oxygens (including phenoxy) is 3. The number of carbonyl (C=O) groups excluding carboxylic acids is 3. The van der Waals surface area contributed by atoms with Crippen LogP contribution in [0.3, 0.4) is 0 Å². The number of rotatable bonds is 45. The molecule has 0 saturated heterocycles. The van der Waals surface area contributed by atoms with Crippen molar-refractivity contribution >= 4 is 25.7 Å². The Kier molecular flexibility index (Phi) is 46.3. The lowest BCUT2D eigenvalue weighted by Crippen LogP contribution is -2.30. The molecule has 0 aromatic rings. The van der Waals surface area contributed by atoms with Crippen molar-refractivity contribution < 1.29 is 52.2 Å². The minimum absolute atomic E-state index is 0.0315. The molecule has 0 aromatic carbocycles. The van der Waals surface area contributed by atoms with E-state index >= 15 is 0 Å². The zero-order valence-corrected chi connectivity index (χ0v) is 42.9. The Labute approximate surface area is 411 Å². The van der Waals surface area contributed by atoms with Gasteiger partial charge in [0.25, 0.3) is 0 Å². The zero-order valence-electron chi connectivity index (χ0n) is 42.0. The van der Waals surface area contributed by atoms with E-state index in [0.29, 0.717) is 25.7 Å². The van der Waals surface area contributed by atoms with Crippen LogP contribution in [-0.2, 0) is 42.2 Å². The summed E-state index contributed by atoms with van der Waals surface area (Å²) in [5.41, 5.74) is 0. The Balaban J connectivity index is 4.93. The van der Waals surface area contributed by atoms with Crippen molar-refractivity contribution in [2.24, 2.45) is 0 Å². The van der Waals surface area contributed by atoms with E-state index in [-0.39, 0.29) is 25.9 Å². The van der Waals surface area contributed by atoms with E-state index in [1.165, 1.54) is 19.3 Å². The fourth-order valence-corrected chi connectivity index (χ4v) is 6.84. The summed E-state index contributed by atoms with van der Waals surface area (Å²) in [6, 6.07) is 0. The number of hydrogen-bond acceptors (Lipinski definition) is 10. The third-order valence-corrected chi connectivity index (χ3v) is 10.8. The topological polar surface area (TPSA) is 155 Å². The molecule has 0 saturated carbocycles. The lowest BCUT2D eigenvalue weighted by atomic mass is 10.1.